The summed E-state index contributed by atoms with van der Waals surface area (Å²) in [5.74, 6) is -0.540. The number of nitrogens with two attached hydrogens (primary N) is 2. The van der Waals surface area contributed by atoms with E-state index in [1.54, 1.807) is 21.3 Å². The van der Waals surface area contributed by atoms with E-state index in [4.69, 9.17) is 11.5 Å². The molecule has 1 aromatic heterocycles. The Labute approximate surface area is 135 Å². The fourth-order valence-electron chi connectivity index (χ4n) is 2.91. The van der Waals surface area contributed by atoms with Crippen LogP contribution in [0.2, 0.25) is 0 Å². The minimum absolute atomic E-state index is 0.147. The normalized spacial score (nSPS) is 11.5. The Hall–Kier alpha value is -2.12. The highest BCUT2D eigenvalue weighted by Crippen LogP contribution is 2.18. The third-order valence-corrected chi connectivity index (χ3v) is 4.19. The van der Waals surface area contributed by atoms with Gasteiger partial charge in [-0.1, -0.05) is 19.9 Å². The molecule has 0 aliphatic rings. The molecular weight excluding hydrogens is 294 g/mol. The van der Waals surface area contributed by atoms with E-state index < -0.39 is 5.91 Å². The smallest absolute Gasteiger partial charge is 0.329 e. The molecule has 0 saturated heterocycles. The molecule has 2 rings (SSSR count). The van der Waals surface area contributed by atoms with Crippen LogP contribution in [0.1, 0.15) is 24.2 Å². The van der Waals surface area contributed by atoms with Crippen molar-refractivity contribution < 1.29 is 4.79 Å². The molecule has 126 valence electrons. The topological polar surface area (TPSA) is 99.3 Å². The summed E-state index contributed by atoms with van der Waals surface area (Å²) >= 11 is 0. The van der Waals surface area contributed by atoms with Crippen LogP contribution in [-0.2, 0) is 13.1 Å². The number of hydrogen-bond acceptors (Lipinski definition) is 4. The second kappa shape index (κ2) is 7.43. The molecule has 7 nitrogen and oxygen atoms in total. The van der Waals surface area contributed by atoms with E-state index in [0.717, 1.165) is 25.2 Å². The van der Waals surface area contributed by atoms with Crippen molar-refractivity contribution in [2.24, 2.45) is 11.5 Å². The van der Waals surface area contributed by atoms with Crippen LogP contribution >= 0.6 is 0 Å². The molecule has 0 aliphatic heterocycles. The van der Waals surface area contributed by atoms with Gasteiger partial charge >= 0.3 is 5.69 Å². The van der Waals surface area contributed by atoms with E-state index >= 15 is 0 Å². The Kier molecular flexibility index (Phi) is 5.57. The number of primary amides is 1. The lowest BCUT2D eigenvalue weighted by Gasteiger charge is -2.17. The lowest BCUT2D eigenvalue weighted by molar-refractivity contribution is 0.100. The summed E-state index contributed by atoms with van der Waals surface area (Å²) in [7, 11) is 0. The quantitative estimate of drug-likeness (QED) is 0.726. The lowest BCUT2D eigenvalue weighted by Crippen LogP contribution is -2.32. The van der Waals surface area contributed by atoms with Crippen LogP contribution in [-0.4, -0.2) is 46.1 Å². The van der Waals surface area contributed by atoms with Crippen molar-refractivity contribution in [3.63, 3.8) is 0 Å². The molecule has 0 saturated carbocycles. The average Bonchev–Trinajstić information content (AvgIpc) is 2.81. The van der Waals surface area contributed by atoms with Crippen LogP contribution in [0.5, 0.6) is 0 Å². The van der Waals surface area contributed by atoms with Crippen LogP contribution in [0.25, 0.3) is 11.0 Å². The van der Waals surface area contributed by atoms with E-state index in [1.807, 2.05) is 6.07 Å². The highest BCUT2D eigenvalue weighted by Gasteiger charge is 2.18. The first-order chi connectivity index (χ1) is 11.0. The Bertz CT molecular complexity index is 743. The zero-order chi connectivity index (χ0) is 17.0. The molecule has 0 bridgehead atoms. The second-order valence-electron chi connectivity index (χ2n) is 5.44. The Morgan fingerprint density at radius 2 is 1.87 bits per heavy atom. The van der Waals surface area contributed by atoms with Crippen LogP contribution in [0.3, 0.4) is 0 Å². The third-order valence-electron chi connectivity index (χ3n) is 4.19. The van der Waals surface area contributed by atoms with Gasteiger partial charge in [-0.15, -0.1) is 0 Å². The summed E-state index contributed by atoms with van der Waals surface area (Å²) in [5, 5.41) is 0. The molecule has 0 fully saturated rings. The highest BCUT2D eigenvalue weighted by atomic mass is 16.2. The van der Waals surface area contributed by atoms with Gasteiger partial charge in [0.15, 0.2) is 0 Å². The van der Waals surface area contributed by atoms with Gasteiger partial charge in [0.25, 0.3) is 5.91 Å². The van der Waals surface area contributed by atoms with Gasteiger partial charge in [-0.2, -0.15) is 0 Å². The molecule has 1 aromatic carbocycles. The van der Waals surface area contributed by atoms with Gasteiger partial charge in [0.2, 0.25) is 0 Å². The zero-order valence-electron chi connectivity index (χ0n) is 13.8. The van der Waals surface area contributed by atoms with Crippen molar-refractivity contribution in [2.75, 3.05) is 26.2 Å². The van der Waals surface area contributed by atoms with Crippen LogP contribution in [0, 0.1) is 0 Å². The van der Waals surface area contributed by atoms with Gasteiger partial charge in [0, 0.05) is 26.2 Å². The molecule has 1 heterocycles. The van der Waals surface area contributed by atoms with E-state index in [2.05, 4.69) is 18.7 Å². The second-order valence-corrected chi connectivity index (χ2v) is 5.44. The van der Waals surface area contributed by atoms with Crippen molar-refractivity contribution in [2.45, 2.75) is 26.9 Å². The monoisotopic (exact) mass is 319 g/mol. The molecule has 1 amide bonds. The number of amides is 1. The summed E-state index contributed by atoms with van der Waals surface area (Å²) < 4.78 is 3.26. The SMILES string of the molecule is CCN(CC)CCn1c(=O)n(CCN)c2c(C(N)=O)cccc21. The Morgan fingerprint density at radius 1 is 1.17 bits per heavy atom. The first-order valence-corrected chi connectivity index (χ1v) is 7.99. The number of imidazole rings is 1. The summed E-state index contributed by atoms with van der Waals surface area (Å²) in [6.07, 6.45) is 0. The molecule has 0 atom stereocenters. The van der Waals surface area contributed by atoms with Gasteiger partial charge in [-0.25, -0.2) is 4.79 Å². The maximum Gasteiger partial charge on any atom is 0.329 e. The Balaban J connectivity index is 2.57. The highest BCUT2D eigenvalue weighted by molar-refractivity contribution is 6.04. The third kappa shape index (κ3) is 3.30. The molecular formula is C16H25N5O2. The van der Waals surface area contributed by atoms with Gasteiger partial charge in [0.05, 0.1) is 16.6 Å². The molecule has 2 aromatic rings. The summed E-state index contributed by atoms with van der Waals surface area (Å²) in [4.78, 5) is 26.7. The van der Waals surface area contributed by atoms with Crippen LogP contribution < -0.4 is 17.2 Å². The van der Waals surface area contributed by atoms with Crippen LogP contribution in [0.4, 0.5) is 0 Å². The van der Waals surface area contributed by atoms with Gasteiger partial charge < -0.3 is 16.4 Å². The van der Waals surface area contributed by atoms with Crippen molar-refractivity contribution >= 4 is 16.9 Å². The zero-order valence-corrected chi connectivity index (χ0v) is 13.8. The maximum atomic E-state index is 12.7. The lowest BCUT2D eigenvalue weighted by atomic mass is 10.1. The molecule has 0 radical (unpaired) electrons. The van der Waals surface area contributed by atoms with E-state index in [1.165, 1.54) is 0 Å². The largest absolute Gasteiger partial charge is 0.366 e. The van der Waals surface area contributed by atoms with Crippen molar-refractivity contribution in [1.82, 2.24) is 14.0 Å². The Morgan fingerprint density at radius 3 is 2.43 bits per heavy atom. The molecule has 4 N–H and O–H groups in total. The number of nitrogens with zero attached hydrogens (tertiary/aromatic N) is 3. The predicted molar refractivity (Wildman–Crippen MR) is 91.6 cm³/mol. The van der Waals surface area contributed by atoms with Gasteiger partial charge in [0.1, 0.15) is 0 Å². The number of hydrogen-bond donors (Lipinski definition) is 2. The molecule has 0 spiro atoms. The van der Waals surface area contributed by atoms with Crippen molar-refractivity contribution in [3.8, 4) is 0 Å². The molecule has 7 heteroatoms. The predicted octanol–water partition coefficient (Wildman–Crippen LogP) is 0.202. The average molecular weight is 319 g/mol. The molecule has 0 aliphatic carbocycles. The number of aromatic nitrogens is 2. The standard InChI is InChI=1S/C16H25N5O2/c1-3-19(4-2)10-11-20-13-7-5-6-12(15(18)22)14(13)21(9-8-17)16(20)23/h5-7H,3-4,8-11,17H2,1-2H3,(H2,18,22). The summed E-state index contributed by atoms with van der Waals surface area (Å²) in [5.41, 5.74) is 12.6. The first kappa shape index (κ1) is 17.2. The minimum atomic E-state index is -0.540. The van der Waals surface area contributed by atoms with Crippen molar-refractivity contribution in [1.29, 1.82) is 0 Å². The number of benzene rings is 1. The van der Waals surface area contributed by atoms with E-state index in [9.17, 15) is 9.59 Å². The number of carbonyl (C=O) groups is 1. The van der Waals surface area contributed by atoms with Gasteiger partial charge in [-0.05, 0) is 25.2 Å². The fourth-order valence-corrected chi connectivity index (χ4v) is 2.91. The number of likely N-dealkylation sites (N-methyl/N-ethyl adjacent to an activating group) is 1. The number of fused-ring (bicyclic) bond motifs is 1. The fraction of sp³-hybridized carbons (Fsp3) is 0.500. The molecule has 0 unspecified atom stereocenters. The van der Waals surface area contributed by atoms with Crippen molar-refractivity contribution in [3.05, 3.63) is 34.2 Å². The number of para-hydroxylation sites is 1. The number of rotatable bonds is 8. The summed E-state index contributed by atoms with van der Waals surface area (Å²) in [6, 6.07) is 5.24. The minimum Gasteiger partial charge on any atom is -0.366 e. The first-order valence-electron chi connectivity index (χ1n) is 7.99. The summed E-state index contributed by atoms with van der Waals surface area (Å²) in [6.45, 7) is 8.06. The maximum absolute atomic E-state index is 12.7. The number of carbonyl (C=O) groups excluding carboxylic acids is 1. The van der Waals surface area contributed by atoms with E-state index in [-0.39, 0.29) is 5.69 Å². The van der Waals surface area contributed by atoms with Crippen LogP contribution in [0.15, 0.2) is 23.0 Å². The molecule has 23 heavy (non-hydrogen) atoms. The van der Waals surface area contributed by atoms with Gasteiger partial charge in [-0.3, -0.25) is 13.9 Å². The van der Waals surface area contributed by atoms with E-state index in [0.29, 0.717) is 30.7 Å².